The lowest BCUT2D eigenvalue weighted by atomic mass is 10.0. The molecular formula is C20H18N2O4. The maximum Gasteiger partial charge on any atom is 0.204 e. The molecule has 2 aromatic carbocycles. The molecule has 0 saturated heterocycles. The van der Waals surface area contributed by atoms with Crippen LogP contribution in [-0.4, -0.2) is 35.2 Å². The SMILES string of the molecule is O=C1C=C(N(CO)c2ccccc2)C(=O)C=C1N(CO)c1ccccc1. The highest BCUT2D eigenvalue weighted by atomic mass is 16.3. The summed E-state index contributed by atoms with van der Waals surface area (Å²) in [4.78, 5) is 28.0. The quantitative estimate of drug-likeness (QED) is 0.611. The van der Waals surface area contributed by atoms with Gasteiger partial charge in [-0.25, -0.2) is 0 Å². The first kappa shape index (κ1) is 17.6. The second kappa shape index (κ2) is 7.77. The Morgan fingerprint density at radius 1 is 0.615 bits per heavy atom. The van der Waals surface area contributed by atoms with Crippen LogP contribution in [0.5, 0.6) is 0 Å². The van der Waals surface area contributed by atoms with Crippen LogP contribution in [0.1, 0.15) is 0 Å². The lowest BCUT2D eigenvalue weighted by Gasteiger charge is -2.29. The number of nitrogens with zero attached hydrogens (tertiary/aromatic N) is 2. The molecule has 0 spiro atoms. The first-order valence-corrected chi connectivity index (χ1v) is 8.04. The Hall–Kier alpha value is -3.22. The summed E-state index contributed by atoms with van der Waals surface area (Å²) < 4.78 is 0. The number of hydrogen-bond donors (Lipinski definition) is 2. The third kappa shape index (κ3) is 3.42. The number of carbonyl (C=O) groups excluding carboxylic acids is 2. The van der Waals surface area contributed by atoms with Gasteiger partial charge in [-0.3, -0.25) is 9.59 Å². The summed E-state index contributed by atoms with van der Waals surface area (Å²) in [5, 5.41) is 19.4. The van der Waals surface area contributed by atoms with Crippen molar-refractivity contribution in [2.45, 2.75) is 0 Å². The molecule has 2 aromatic rings. The van der Waals surface area contributed by atoms with Crippen LogP contribution in [0.2, 0.25) is 0 Å². The number of benzene rings is 2. The van der Waals surface area contributed by atoms with Gasteiger partial charge in [0.05, 0.1) is 11.4 Å². The summed E-state index contributed by atoms with van der Waals surface area (Å²) in [5.41, 5.74) is 1.36. The zero-order valence-electron chi connectivity index (χ0n) is 13.9. The molecule has 0 fully saturated rings. The molecule has 1 aliphatic rings. The van der Waals surface area contributed by atoms with E-state index in [0.29, 0.717) is 11.4 Å². The Morgan fingerprint density at radius 3 is 1.27 bits per heavy atom. The highest BCUT2D eigenvalue weighted by Gasteiger charge is 2.28. The zero-order valence-corrected chi connectivity index (χ0v) is 13.9. The van der Waals surface area contributed by atoms with Gasteiger partial charge in [0.25, 0.3) is 0 Å². The number of aliphatic hydroxyl groups excluding tert-OH is 2. The number of ketones is 2. The smallest absolute Gasteiger partial charge is 0.204 e. The molecule has 1 aliphatic carbocycles. The fraction of sp³-hybridized carbons (Fsp3) is 0.100. The maximum absolute atomic E-state index is 12.6. The molecule has 0 aromatic heterocycles. The van der Waals surface area contributed by atoms with Crippen molar-refractivity contribution in [2.24, 2.45) is 0 Å². The second-order valence-corrected chi connectivity index (χ2v) is 5.60. The van der Waals surface area contributed by atoms with Crippen molar-refractivity contribution in [3.63, 3.8) is 0 Å². The van der Waals surface area contributed by atoms with E-state index in [1.165, 1.54) is 22.0 Å². The topological polar surface area (TPSA) is 81.1 Å². The van der Waals surface area contributed by atoms with E-state index in [0.717, 1.165) is 0 Å². The number of anilines is 2. The minimum Gasteiger partial charge on any atom is -0.376 e. The van der Waals surface area contributed by atoms with Crippen molar-refractivity contribution in [2.75, 3.05) is 23.3 Å². The molecule has 6 heteroatoms. The predicted molar refractivity (Wildman–Crippen MR) is 98.2 cm³/mol. The van der Waals surface area contributed by atoms with Gasteiger partial charge < -0.3 is 20.0 Å². The molecule has 0 aliphatic heterocycles. The molecular weight excluding hydrogens is 332 g/mol. The Kier molecular flexibility index (Phi) is 5.26. The van der Waals surface area contributed by atoms with Crippen molar-refractivity contribution >= 4 is 22.9 Å². The predicted octanol–water partition coefficient (Wildman–Crippen LogP) is 1.82. The highest BCUT2D eigenvalue weighted by molar-refractivity contribution is 6.22. The van der Waals surface area contributed by atoms with Crippen LogP contribution in [0.15, 0.2) is 84.2 Å². The molecule has 6 nitrogen and oxygen atoms in total. The third-order valence-corrected chi connectivity index (χ3v) is 4.04. The average molecular weight is 350 g/mol. The van der Waals surface area contributed by atoms with Crippen molar-refractivity contribution < 1.29 is 19.8 Å². The summed E-state index contributed by atoms with van der Waals surface area (Å²) in [6.07, 6.45) is 2.37. The maximum atomic E-state index is 12.6. The number of rotatable bonds is 6. The highest BCUT2D eigenvalue weighted by Crippen LogP contribution is 2.26. The monoisotopic (exact) mass is 350 g/mol. The van der Waals surface area contributed by atoms with Crippen molar-refractivity contribution in [1.29, 1.82) is 0 Å². The summed E-state index contributed by atoms with van der Waals surface area (Å²) in [6, 6.07) is 17.7. The first-order chi connectivity index (χ1) is 12.7. The molecule has 0 unspecified atom stereocenters. The molecule has 132 valence electrons. The van der Waals surface area contributed by atoms with Crippen molar-refractivity contribution in [1.82, 2.24) is 0 Å². The van der Waals surface area contributed by atoms with Crippen LogP contribution in [-0.2, 0) is 9.59 Å². The number of aliphatic hydroxyl groups is 2. The van der Waals surface area contributed by atoms with Gasteiger partial charge in [0.1, 0.15) is 13.5 Å². The van der Waals surface area contributed by atoms with E-state index in [2.05, 4.69) is 0 Å². The molecule has 0 bridgehead atoms. The van der Waals surface area contributed by atoms with E-state index >= 15 is 0 Å². The lowest BCUT2D eigenvalue weighted by molar-refractivity contribution is -0.115. The zero-order chi connectivity index (χ0) is 18.5. The van der Waals surface area contributed by atoms with E-state index in [4.69, 9.17) is 0 Å². The fourth-order valence-electron chi connectivity index (χ4n) is 2.77. The van der Waals surface area contributed by atoms with E-state index in [1.807, 2.05) is 12.1 Å². The molecule has 3 rings (SSSR count). The normalized spacial score (nSPS) is 13.9. The first-order valence-electron chi connectivity index (χ1n) is 8.04. The lowest BCUT2D eigenvalue weighted by Crippen LogP contribution is -2.35. The third-order valence-electron chi connectivity index (χ3n) is 4.04. The summed E-state index contributed by atoms with van der Waals surface area (Å²) in [7, 11) is 0. The van der Waals surface area contributed by atoms with Gasteiger partial charge in [0, 0.05) is 23.5 Å². The number of hydrogen-bond acceptors (Lipinski definition) is 6. The van der Waals surface area contributed by atoms with E-state index in [-0.39, 0.29) is 11.4 Å². The van der Waals surface area contributed by atoms with E-state index < -0.39 is 25.0 Å². The van der Waals surface area contributed by atoms with Crippen LogP contribution in [0, 0.1) is 0 Å². The Bertz CT molecular complexity index is 786. The molecule has 2 N–H and O–H groups in total. The molecule has 0 saturated carbocycles. The van der Waals surface area contributed by atoms with E-state index in [1.54, 1.807) is 48.5 Å². The van der Waals surface area contributed by atoms with Crippen LogP contribution in [0.25, 0.3) is 0 Å². The fourth-order valence-corrected chi connectivity index (χ4v) is 2.77. The van der Waals surface area contributed by atoms with Crippen LogP contribution in [0.4, 0.5) is 11.4 Å². The van der Waals surface area contributed by atoms with Crippen molar-refractivity contribution in [3.8, 4) is 0 Å². The average Bonchev–Trinajstić information content (AvgIpc) is 2.68. The van der Waals surface area contributed by atoms with Gasteiger partial charge in [0.2, 0.25) is 11.6 Å². The van der Waals surface area contributed by atoms with Crippen molar-refractivity contribution in [3.05, 3.63) is 84.2 Å². The van der Waals surface area contributed by atoms with Crippen LogP contribution < -0.4 is 9.80 Å². The summed E-state index contributed by atoms with van der Waals surface area (Å²) in [5.74, 6) is -0.848. The Morgan fingerprint density at radius 2 is 0.962 bits per heavy atom. The van der Waals surface area contributed by atoms with Gasteiger partial charge in [-0.2, -0.15) is 0 Å². The minimum absolute atomic E-state index is 0.0819. The van der Waals surface area contributed by atoms with Crippen LogP contribution in [0.3, 0.4) is 0 Å². The van der Waals surface area contributed by atoms with Crippen LogP contribution >= 0.6 is 0 Å². The van der Waals surface area contributed by atoms with Gasteiger partial charge >= 0.3 is 0 Å². The number of para-hydroxylation sites is 2. The van der Waals surface area contributed by atoms with Gasteiger partial charge in [0.15, 0.2) is 0 Å². The molecule has 0 atom stereocenters. The Balaban J connectivity index is 1.93. The second-order valence-electron chi connectivity index (χ2n) is 5.60. The molecule has 26 heavy (non-hydrogen) atoms. The van der Waals surface area contributed by atoms with E-state index in [9.17, 15) is 19.8 Å². The number of carbonyl (C=O) groups is 2. The van der Waals surface area contributed by atoms with Gasteiger partial charge in [-0.15, -0.1) is 0 Å². The summed E-state index contributed by atoms with van der Waals surface area (Å²) >= 11 is 0. The standard InChI is InChI=1S/C20H18N2O4/c23-13-21(15-7-3-1-4-8-15)17-11-20(26)18(12-19(17)25)22(14-24)16-9-5-2-6-10-16/h1-12,23-24H,13-14H2. The largest absolute Gasteiger partial charge is 0.376 e. The summed E-state index contributed by atoms with van der Waals surface area (Å²) in [6.45, 7) is -0.888. The van der Waals surface area contributed by atoms with Gasteiger partial charge in [-0.05, 0) is 24.3 Å². The molecule has 0 radical (unpaired) electrons. The molecule has 0 heterocycles. The van der Waals surface area contributed by atoms with Gasteiger partial charge in [-0.1, -0.05) is 36.4 Å². The Labute approximate surface area is 150 Å². The number of allylic oxidation sites excluding steroid dienone is 2. The minimum atomic E-state index is -0.444. The molecule has 0 amide bonds.